The van der Waals surface area contributed by atoms with Crippen molar-refractivity contribution in [2.24, 2.45) is 11.3 Å². The lowest BCUT2D eigenvalue weighted by Crippen LogP contribution is -2.68. The number of carbonyl (C=O) groups is 2. The number of hydrogen-bond acceptors (Lipinski definition) is 5. The summed E-state index contributed by atoms with van der Waals surface area (Å²) in [6.45, 7) is 0. The molecule has 0 aromatic rings. The molecule has 0 aliphatic heterocycles. The predicted octanol–water partition coefficient (Wildman–Crippen LogP) is 1.12. The summed E-state index contributed by atoms with van der Waals surface area (Å²) >= 11 is 0. The molecule has 2 saturated carbocycles. The standard InChI is InChI=1S/C17H18O5/c18-11-4-3-9-8-10-2-1-6-16(13(9)14(11)20)15(21)12(19)5-7-17(10,16)22/h3-4,8,10,15,20-22H,1-2,5-7H2/t10-,15?,16+,17-/m1/s1. The van der Waals surface area contributed by atoms with Gasteiger partial charge >= 0.3 is 0 Å². The molecular formula is C17H18O5. The van der Waals surface area contributed by atoms with Crippen LogP contribution in [0.25, 0.3) is 0 Å². The maximum Gasteiger partial charge on any atom is 0.220 e. The number of hydrogen-bond donors (Lipinski definition) is 3. The van der Waals surface area contributed by atoms with Crippen molar-refractivity contribution < 1.29 is 24.9 Å². The van der Waals surface area contributed by atoms with E-state index in [1.54, 1.807) is 6.08 Å². The highest BCUT2D eigenvalue weighted by atomic mass is 16.3. The van der Waals surface area contributed by atoms with Gasteiger partial charge in [-0.15, -0.1) is 0 Å². The van der Waals surface area contributed by atoms with Crippen molar-refractivity contribution in [2.75, 3.05) is 0 Å². The molecule has 2 bridgehead atoms. The molecular weight excluding hydrogens is 284 g/mol. The number of aliphatic hydroxyl groups is 3. The smallest absolute Gasteiger partial charge is 0.220 e. The van der Waals surface area contributed by atoms with Gasteiger partial charge < -0.3 is 15.3 Å². The number of Topliss-reactive ketones (excluding diaryl/α,β-unsaturated/α-hetero) is 1. The summed E-state index contributed by atoms with van der Waals surface area (Å²) in [6, 6.07) is 0. The van der Waals surface area contributed by atoms with E-state index < -0.39 is 28.7 Å². The molecule has 0 spiro atoms. The number of fused-ring (bicyclic) bond motifs is 1. The van der Waals surface area contributed by atoms with Crippen LogP contribution in [0.4, 0.5) is 0 Å². The van der Waals surface area contributed by atoms with Crippen LogP contribution in [0.15, 0.2) is 35.1 Å². The molecule has 4 aliphatic rings. The third-order valence-corrected chi connectivity index (χ3v) is 6.00. The SMILES string of the molecule is O=C1C=CC2=C[C@H]3CCC[C@]4(C2=C1O)C(O)C(=O)CC[C@@]34O. The zero-order valence-corrected chi connectivity index (χ0v) is 12.1. The molecule has 4 aliphatic carbocycles. The van der Waals surface area contributed by atoms with Gasteiger partial charge in [-0.2, -0.15) is 0 Å². The maximum absolute atomic E-state index is 12.2. The Labute approximate surface area is 127 Å². The summed E-state index contributed by atoms with van der Waals surface area (Å²) < 4.78 is 0. The average Bonchev–Trinajstić information content (AvgIpc) is 2.47. The summed E-state index contributed by atoms with van der Waals surface area (Å²) in [5.41, 5.74) is -1.63. The van der Waals surface area contributed by atoms with Crippen LogP contribution in [0.1, 0.15) is 32.1 Å². The molecule has 0 aromatic carbocycles. The van der Waals surface area contributed by atoms with Crippen molar-refractivity contribution in [1.82, 2.24) is 0 Å². The summed E-state index contributed by atoms with van der Waals surface area (Å²) in [5, 5.41) is 32.4. The van der Waals surface area contributed by atoms with Gasteiger partial charge in [-0.25, -0.2) is 0 Å². The van der Waals surface area contributed by atoms with Crippen LogP contribution in [0.5, 0.6) is 0 Å². The van der Waals surface area contributed by atoms with E-state index in [0.29, 0.717) is 12.0 Å². The Balaban J connectivity index is 2.06. The molecule has 0 saturated heterocycles. The van der Waals surface area contributed by atoms with Crippen molar-refractivity contribution in [2.45, 2.75) is 43.8 Å². The van der Waals surface area contributed by atoms with E-state index in [9.17, 15) is 24.9 Å². The molecule has 0 radical (unpaired) electrons. The quantitative estimate of drug-likeness (QED) is 0.623. The van der Waals surface area contributed by atoms with E-state index in [1.165, 1.54) is 6.08 Å². The summed E-state index contributed by atoms with van der Waals surface area (Å²) in [4.78, 5) is 24.1. The van der Waals surface area contributed by atoms with Gasteiger partial charge in [0.05, 0.1) is 11.0 Å². The Morgan fingerprint density at radius 3 is 2.73 bits per heavy atom. The first kappa shape index (κ1) is 13.9. The van der Waals surface area contributed by atoms with E-state index >= 15 is 0 Å². The van der Waals surface area contributed by atoms with Crippen LogP contribution in [0.3, 0.4) is 0 Å². The minimum absolute atomic E-state index is 0.122. The Morgan fingerprint density at radius 2 is 1.95 bits per heavy atom. The Kier molecular flexibility index (Phi) is 2.64. The average molecular weight is 302 g/mol. The Bertz CT molecular complexity index is 685. The topological polar surface area (TPSA) is 94.8 Å². The Morgan fingerprint density at radius 1 is 1.18 bits per heavy atom. The van der Waals surface area contributed by atoms with Crippen LogP contribution >= 0.6 is 0 Å². The molecule has 2 fully saturated rings. The highest BCUT2D eigenvalue weighted by Gasteiger charge is 2.68. The third kappa shape index (κ3) is 1.36. The second-order valence-electron chi connectivity index (χ2n) is 6.81. The lowest BCUT2D eigenvalue weighted by atomic mass is 9.45. The monoisotopic (exact) mass is 302 g/mol. The first-order valence-electron chi connectivity index (χ1n) is 7.73. The zero-order chi connectivity index (χ0) is 15.7. The molecule has 0 aromatic heterocycles. The molecule has 1 unspecified atom stereocenters. The van der Waals surface area contributed by atoms with Crippen LogP contribution < -0.4 is 0 Å². The second-order valence-corrected chi connectivity index (χ2v) is 6.81. The van der Waals surface area contributed by atoms with Crippen molar-refractivity contribution in [3.05, 3.63) is 35.1 Å². The van der Waals surface area contributed by atoms with Crippen molar-refractivity contribution in [3.63, 3.8) is 0 Å². The number of aliphatic hydroxyl groups excluding tert-OH is 2. The van der Waals surface area contributed by atoms with Gasteiger partial charge in [0, 0.05) is 17.9 Å². The first-order valence-corrected chi connectivity index (χ1v) is 7.73. The molecule has 3 N–H and O–H groups in total. The number of carbonyl (C=O) groups excluding carboxylic acids is 2. The van der Waals surface area contributed by atoms with Crippen LogP contribution in [-0.2, 0) is 9.59 Å². The molecule has 0 amide bonds. The molecule has 5 heteroatoms. The highest BCUT2D eigenvalue weighted by molar-refractivity contribution is 6.06. The van der Waals surface area contributed by atoms with Crippen molar-refractivity contribution >= 4 is 11.6 Å². The van der Waals surface area contributed by atoms with E-state index in [2.05, 4.69) is 0 Å². The second kappa shape index (κ2) is 4.18. The van der Waals surface area contributed by atoms with Gasteiger partial charge in [-0.1, -0.05) is 18.6 Å². The fourth-order valence-corrected chi connectivity index (χ4v) is 5.01. The van der Waals surface area contributed by atoms with Gasteiger partial charge in [0.15, 0.2) is 11.5 Å². The van der Waals surface area contributed by atoms with Crippen LogP contribution in [0.2, 0.25) is 0 Å². The Hall–Kier alpha value is -1.72. The number of ketones is 2. The van der Waals surface area contributed by atoms with Crippen molar-refractivity contribution in [1.29, 1.82) is 0 Å². The lowest BCUT2D eigenvalue weighted by Gasteiger charge is -2.61. The molecule has 22 heavy (non-hydrogen) atoms. The van der Waals surface area contributed by atoms with Crippen molar-refractivity contribution in [3.8, 4) is 0 Å². The maximum atomic E-state index is 12.2. The number of rotatable bonds is 0. The normalized spacial score (nSPS) is 43.6. The van der Waals surface area contributed by atoms with Gasteiger partial charge in [0.25, 0.3) is 0 Å². The summed E-state index contributed by atoms with van der Waals surface area (Å²) in [5.74, 6) is -1.48. The van der Waals surface area contributed by atoms with Crippen LogP contribution in [-0.4, -0.2) is 38.6 Å². The van der Waals surface area contributed by atoms with E-state index in [0.717, 1.165) is 12.8 Å². The van der Waals surface area contributed by atoms with Gasteiger partial charge in [-0.3, -0.25) is 9.59 Å². The van der Waals surface area contributed by atoms with E-state index in [4.69, 9.17) is 0 Å². The predicted molar refractivity (Wildman–Crippen MR) is 76.9 cm³/mol. The molecule has 116 valence electrons. The molecule has 4 atom stereocenters. The highest BCUT2D eigenvalue weighted by Crippen LogP contribution is 2.64. The minimum atomic E-state index is -1.38. The van der Waals surface area contributed by atoms with E-state index in [-0.39, 0.29) is 30.1 Å². The largest absolute Gasteiger partial charge is 0.504 e. The minimum Gasteiger partial charge on any atom is -0.504 e. The zero-order valence-electron chi connectivity index (χ0n) is 12.1. The summed E-state index contributed by atoms with van der Waals surface area (Å²) in [7, 11) is 0. The fraction of sp³-hybridized carbons (Fsp3) is 0.529. The number of allylic oxidation sites excluding steroid dienone is 3. The lowest BCUT2D eigenvalue weighted by molar-refractivity contribution is -0.198. The molecule has 5 nitrogen and oxygen atoms in total. The molecule has 0 heterocycles. The van der Waals surface area contributed by atoms with Gasteiger partial charge in [0.1, 0.15) is 6.10 Å². The third-order valence-electron chi connectivity index (χ3n) is 6.00. The van der Waals surface area contributed by atoms with Gasteiger partial charge in [-0.05, 0) is 30.9 Å². The van der Waals surface area contributed by atoms with Crippen LogP contribution in [0, 0.1) is 11.3 Å². The molecule has 4 rings (SSSR count). The summed E-state index contributed by atoms with van der Waals surface area (Å²) in [6.07, 6.45) is 5.69. The van der Waals surface area contributed by atoms with E-state index in [1.807, 2.05) is 6.08 Å². The fourth-order valence-electron chi connectivity index (χ4n) is 5.01. The first-order chi connectivity index (χ1) is 10.4. The van der Waals surface area contributed by atoms with Gasteiger partial charge in [0.2, 0.25) is 5.78 Å².